The Kier molecular flexibility index (Phi) is 4.57. The first-order valence-corrected chi connectivity index (χ1v) is 6.54. The standard InChI is InChI=1S/C13H23N3O/c1-14-11(10-12-4-3-9-17-12)5-6-13-15-7-8-16(13)2/h7-8,11-12,14H,3-6,9-10H2,1-2H3. The second kappa shape index (κ2) is 6.17. The molecule has 0 amide bonds. The number of aromatic nitrogens is 2. The summed E-state index contributed by atoms with van der Waals surface area (Å²) in [5.41, 5.74) is 0. The molecule has 0 saturated carbocycles. The average Bonchev–Trinajstić information content (AvgIpc) is 2.96. The molecule has 1 saturated heterocycles. The van der Waals surface area contributed by atoms with Gasteiger partial charge in [0, 0.05) is 38.5 Å². The highest BCUT2D eigenvalue weighted by Crippen LogP contribution is 2.18. The topological polar surface area (TPSA) is 39.1 Å². The Morgan fingerprint density at radius 2 is 2.53 bits per heavy atom. The van der Waals surface area contributed by atoms with Crippen molar-refractivity contribution in [2.45, 2.75) is 44.2 Å². The van der Waals surface area contributed by atoms with E-state index in [1.165, 1.54) is 12.8 Å². The lowest BCUT2D eigenvalue weighted by Gasteiger charge is -2.19. The summed E-state index contributed by atoms with van der Waals surface area (Å²) in [4.78, 5) is 4.36. The van der Waals surface area contributed by atoms with Crippen LogP contribution >= 0.6 is 0 Å². The van der Waals surface area contributed by atoms with Gasteiger partial charge in [-0.2, -0.15) is 0 Å². The van der Waals surface area contributed by atoms with E-state index < -0.39 is 0 Å². The maximum Gasteiger partial charge on any atom is 0.108 e. The van der Waals surface area contributed by atoms with Crippen LogP contribution in [0.15, 0.2) is 12.4 Å². The quantitative estimate of drug-likeness (QED) is 0.815. The third kappa shape index (κ3) is 3.54. The fraction of sp³-hybridized carbons (Fsp3) is 0.769. The second-order valence-corrected chi connectivity index (χ2v) is 4.85. The predicted molar refractivity (Wildman–Crippen MR) is 68.0 cm³/mol. The first-order valence-electron chi connectivity index (χ1n) is 6.54. The maximum atomic E-state index is 5.69. The van der Waals surface area contributed by atoms with Crippen LogP contribution in [0.4, 0.5) is 0 Å². The summed E-state index contributed by atoms with van der Waals surface area (Å²) in [5.74, 6) is 1.16. The van der Waals surface area contributed by atoms with Gasteiger partial charge < -0.3 is 14.6 Å². The van der Waals surface area contributed by atoms with Crippen molar-refractivity contribution < 1.29 is 4.74 Å². The van der Waals surface area contributed by atoms with E-state index >= 15 is 0 Å². The lowest BCUT2D eigenvalue weighted by atomic mass is 10.0. The molecule has 4 heteroatoms. The third-order valence-corrected chi connectivity index (χ3v) is 3.62. The largest absolute Gasteiger partial charge is 0.378 e. The minimum Gasteiger partial charge on any atom is -0.378 e. The Hall–Kier alpha value is -0.870. The highest BCUT2D eigenvalue weighted by Gasteiger charge is 2.20. The molecular formula is C13H23N3O. The molecule has 0 spiro atoms. The van der Waals surface area contributed by atoms with Gasteiger partial charge in [0.25, 0.3) is 0 Å². The molecule has 1 aliphatic rings. The molecule has 2 rings (SSSR count). The molecule has 0 aliphatic carbocycles. The minimum atomic E-state index is 0.467. The van der Waals surface area contributed by atoms with Gasteiger partial charge in [-0.05, 0) is 32.7 Å². The van der Waals surface area contributed by atoms with Gasteiger partial charge in [-0.1, -0.05) is 0 Å². The molecule has 1 N–H and O–H groups in total. The summed E-state index contributed by atoms with van der Waals surface area (Å²) in [6.45, 7) is 0.945. The molecule has 0 aromatic carbocycles. The third-order valence-electron chi connectivity index (χ3n) is 3.62. The summed E-state index contributed by atoms with van der Waals surface area (Å²) in [7, 11) is 4.09. The van der Waals surface area contributed by atoms with Crippen molar-refractivity contribution >= 4 is 0 Å². The molecule has 1 aliphatic heterocycles. The first-order chi connectivity index (χ1) is 8.29. The van der Waals surface area contributed by atoms with Crippen LogP contribution < -0.4 is 5.32 Å². The van der Waals surface area contributed by atoms with Gasteiger partial charge in [0.2, 0.25) is 0 Å². The average molecular weight is 237 g/mol. The van der Waals surface area contributed by atoms with Gasteiger partial charge in [-0.25, -0.2) is 4.98 Å². The maximum absolute atomic E-state index is 5.69. The zero-order valence-corrected chi connectivity index (χ0v) is 10.9. The molecule has 1 aromatic rings. The van der Waals surface area contributed by atoms with Crippen LogP contribution in [-0.2, 0) is 18.2 Å². The van der Waals surface area contributed by atoms with E-state index in [9.17, 15) is 0 Å². The number of hydrogen-bond acceptors (Lipinski definition) is 3. The smallest absolute Gasteiger partial charge is 0.108 e. The van der Waals surface area contributed by atoms with Crippen molar-refractivity contribution in [2.24, 2.45) is 7.05 Å². The molecule has 2 unspecified atom stereocenters. The molecule has 2 atom stereocenters. The zero-order chi connectivity index (χ0) is 12.1. The molecular weight excluding hydrogens is 214 g/mol. The van der Waals surface area contributed by atoms with Crippen molar-refractivity contribution in [3.63, 3.8) is 0 Å². The van der Waals surface area contributed by atoms with Crippen LogP contribution in [0.3, 0.4) is 0 Å². The van der Waals surface area contributed by atoms with E-state index in [0.29, 0.717) is 12.1 Å². The van der Waals surface area contributed by atoms with Crippen LogP contribution in [0.1, 0.15) is 31.5 Å². The summed E-state index contributed by atoms with van der Waals surface area (Å²) < 4.78 is 7.78. The number of hydrogen-bond donors (Lipinski definition) is 1. The SMILES string of the molecule is CNC(CCc1nccn1C)CC1CCCO1. The highest BCUT2D eigenvalue weighted by molar-refractivity contribution is 4.92. The van der Waals surface area contributed by atoms with E-state index in [0.717, 1.165) is 31.7 Å². The summed E-state index contributed by atoms with van der Waals surface area (Å²) in [5, 5.41) is 3.39. The Morgan fingerprint density at radius 1 is 1.65 bits per heavy atom. The number of ether oxygens (including phenoxy) is 1. The van der Waals surface area contributed by atoms with Crippen molar-refractivity contribution in [1.29, 1.82) is 0 Å². The van der Waals surface area contributed by atoms with E-state index in [2.05, 4.69) is 21.9 Å². The van der Waals surface area contributed by atoms with Gasteiger partial charge in [0.15, 0.2) is 0 Å². The fourth-order valence-electron chi connectivity index (χ4n) is 2.47. The van der Waals surface area contributed by atoms with Crippen molar-refractivity contribution in [3.8, 4) is 0 Å². The van der Waals surface area contributed by atoms with Crippen molar-refractivity contribution in [1.82, 2.24) is 14.9 Å². The Balaban J connectivity index is 1.77. The minimum absolute atomic E-state index is 0.467. The van der Waals surface area contributed by atoms with Gasteiger partial charge in [0.05, 0.1) is 6.10 Å². The van der Waals surface area contributed by atoms with Gasteiger partial charge in [0.1, 0.15) is 5.82 Å². The number of nitrogens with one attached hydrogen (secondary N) is 1. The normalized spacial score (nSPS) is 21.9. The molecule has 4 nitrogen and oxygen atoms in total. The Labute approximate surface area is 103 Å². The number of rotatable bonds is 6. The molecule has 0 radical (unpaired) electrons. The van der Waals surface area contributed by atoms with Crippen LogP contribution in [0.5, 0.6) is 0 Å². The number of aryl methyl sites for hydroxylation is 2. The molecule has 17 heavy (non-hydrogen) atoms. The molecule has 1 aromatic heterocycles. The molecule has 96 valence electrons. The lowest BCUT2D eigenvalue weighted by Crippen LogP contribution is -2.30. The van der Waals surface area contributed by atoms with Crippen LogP contribution in [0, 0.1) is 0 Å². The van der Waals surface area contributed by atoms with E-state index in [1.807, 2.05) is 19.4 Å². The highest BCUT2D eigenvalue weighted by atomic mass is 16.5. The van der Waals surface area contributed by atoms with Crippen molar-refractivity contribution in [3.05, 3.63) is 18.2 Å². The van der Waals surface area contributed by atoms with Crippen LogP contribution in [0.2, 0.25) is 0 Å². The Morgan fingerprint density at radius 3 is 3.12 bits per heavy atom. The number of imidazole rings is 1. The second-order valence-electron chi connectivity index (χ2n) is 4.85. The molecule has 1 fully saturated rings. The first kappa shape index (κ1) is 12.6. The van der Waals surface area contributed by atoms with Crippen LogP contribution in [-0.4, -0.2) is 35.4 Å². The van der Waals surface area contributed by atoms with Crippen molar-refractivity contribution in [2.75, 3.05) is 13.7 Å². The summed E-state index contributed by atoms with van der Waals surface area (Å²) >= 11 is 0. The summed E-state index contributed by atoms with van der Waals surface area (Å²) in [6, 6.07) is 0.537. The zero-order valence-electron chi connectivity index (χ0n) is 10.9. The number of nitrogens with zero attached hydrogens (tertiary/aromatic N) is 2. The van der Waals surface area contributed by atoms with Gasteiger partial charge >= 0.3 is 0 Å². The van der Waals surface area contributed by atoms with E-state index in [-0.39, 0.29) is 0 Å². The molecule has 2 heterocycles. The fourth-order valence-corrected chi connectivity index (χ4v) is 2.47. The Bertz CT molecular complexity index is 331. The van der Waals surface area contributed by atoms with Gasteiger partial charge in [-0.15, -0.1) is 0 Å². The van der Waals surface area contributed by atoms with Gasteiger partial charge in [-0.3, -0.25) is 0 Å². The monoisotopic (exact) mass is 237 g/mol. The van der Waals surface area contributed by atoms with E-state index in [4.69, 9.17) is 4.74 Å². The molecule has 0 bridgehead atoms. The summed E-state index contributed by atoms with van der Waals surface area (Å²) in [6.07, 6.45) is 10.1. The lowest BCUT2D eigenvalue weighted by molar-refractivity contribution is 0.0944. The van der Waals surface area contributed by atoms with Crippen LogP contribution in [0.25, 0.3) is 0 Å². The predicted octanol–water partition coefficient (Wildman–Crippen LogP) is 1.51. The van der Waals surface area contributed by atoms with E-state index in [1.54, 1.807) is 0 Å².